The van der Waals surface area contributed by atoms with E-state index in [0.29, 0.717) is 0 Å². The monoisotopic (exact) mass is 313 g/mol. The van der Waals surface area contributed by atoms with Gasteiger partial charge in [0.15, 0.2) is 0 Å². The number of fused-ring (bicyclic) bond motifs is 1. The van der Waals surface area contributed by atoms with Crippen LogP contribution >= 0.6 is 27.7 Å². The molecule has 92 valence electrons. The lowest BCUT2D eigenvalue weighted by Crippen LogP contribution is -2.45. The fourth-order valence-corrected chi connectivity index (χ4v) is 4.35. The van der Waals surface area contributed by atoms with Gasteiger partial charge in [-0.3, -0.25) is 0 Å². The minimum atomic E-state index is 0.00545. The molecule has 0 aromatic heterocycles. The second-order valence-electron chi connectivity index (χ2n) is 4.89. The molecule has 0 radical (unpaired) electrons. The zero-order chi connectivity index (χ0) is 11.9. The number of rotatable bonds is 0. The van der Waals surface area contributed by atoms with Gasteiger partial charge in [0.25, 0.3) is 0 Å². The molecule has 2 aliphatic heterocycles. The van der Waals surface area contributed by atoms with E-state index in [1.807, 2.05) is 23.9 Å². The van der Waals surface area contributed by atoms with Crippen molar-refractivity contribution in [1.82, 2.24) is 0 Å². The van der Waals surface area contributed by atoms with Gasteiger partial charge < -0.3 is 10.5 Å². The molecule has 0 aliphatic carbocycles. The lowest BCUT2D eigenvalue weighted by molar-refractivity contribution is 0.0279. The van der Waals surface area contributed by atoms with Crippen LogP contribution in [0.5, 0.6) is 5.75 Å². The quantitative estimate of drug-likeness (QED) is 0.796. The zero-order valence-corrected chi connectivity index (χ0v) is 12.0. The van der Waals surface area contributed by atoms with E-state index in [1.165, 1.54) is 11.5 Å². The first kappa shape index (κ1) is 11.9. The third-order valence-electron chi connectivity index (χ3n) is 3.69. The summed E-state index contributed by atoms with van der Waals surface area (Å²) in [4.78, 5) is 0. The van der Waals surface area contributed by atoms with Crippen LogP contribution in [0.3, 0.4) is 0 Å². The van der Waals surface area contributed by atoms with Crippen molar-refractivity contribution in [2.45, 2.75) is 30.9 Å². The SMILES string of the molecule is N[C@@H]1CC2(CCSCC2)Oc2ccc(Br)cc21. The summed E-state index contributed by atoms with van der Waals surface area (Å²) < 4.78 is 7.35. The van der Waals surface area contributed by atoms with E-state index in [0.717, 1.165) is 35.0 Å². The Kier molecular flexibility index (Phi) is 3.13. The average molecular weight is 314 g/mol. The van der Waals surface area contributed by atoms with Crippen LogP contribution in [0.2, 0.25) is 0 Å². The molecule has 2 aliphatic rings. The largest absolute Gasteiger partial charge is 0.487 e. The van der Waals surface area contributed by atoms with Gasteiger partial charge in [-0.15, -0.1) is 0 Å². The van der Waals surface area contributed by atoms with Crippen LogP contribution in [0.4, 0.5) is 0 Å². The third-order valence-corrected chi connectivity index (χ3v) is 5.17. The number of ether oxygens (including phenoxy) is 1. The fraction of sp³-hybridized carbons (Fsp3) is 0.538. The van der Waals surface area contributed by atoms with Gasteiger partial charge in [-0.1, -0.05) is 15.9 Å². The molecule has 1 spiro atoms. The molecule has 1 fully saturated rings. The molecule has 3 rings (SSSR count). The number of nitrogens with two attached hydrogens (primary N) is 1. The van der Waals surface area contributed by atoms with E-state index >= 15 is 0 Å². The number of thioether (sulfide) groups is 1. The van der Waals surface area contributed by atoms with E-state index in [1.54, 1.807) is 0 Å². The summed E-state index contributed by atoms with van der Waals surface area (Å²) >= 11 is 5.51. The van der Waals surface area contributed by atoms with Gasteiger partial charge in [0, 0.05) is 22.5 Å². The maximum Gasteiger partial charge on any atom is 0.124 e. The Labute approximate surface area is 114 Å². The van der Waals surface area contributed by atoms with Gasteiger partial charge in [0.1, 0.15) is 11.4 Å². The summed E-state index contributed by atoms with van der Waals surface area (Å²) in [7, 11) is 0. The Hall–Kier alpha value is -0.190. The Bertz CT molecular complexity index is 431. The van der Waals surface area contributed by atoms with Gasteiger partial charge in [-0.25, -0.2) is 0 Å². The molecule has 1 aromatic carbocycles. The van der Waals surface area contributed by atoms with Crippen LogP contribution < -0.4 is 10.5 Å². The van der Waals surface area contributed by atoms with E-state index in [2.05, 4.69) is 22.0 Å². The summed E-state index contributed by atoms with van der Waals surface area (Å²) in [5.74, 6) is 3.37. The maximum atomic E-state index is 6.31. The first-order valence-electron chi connectivity index (χ1n) is 6.00. The van der Waals surface area contributed by atoms with Gasteiger partial charge in [-0.2, -0.15) is 11.8 Å². The molecule has 0 bridgehead atoms. The predicted octanol–water partition coefficient (Wildman–Crippen LogP) is 3.50. The van der Waals surface area contributed by atoms with Crippen LogP contribution in [-0.4, -0.2) is 17.1 Å². The zero-order valence-electron chi connectivity index (χ0n) is 9.62. The normalized spacial score (nSPS) is 26.4. The minimum absolute atomic E-state index is 0.00545. The fourth-order valence-electron chi connectivity index (χ4n) is 2.74. The standard InChI is InChI=1S/C13H16BrNOS/c14-9-1-2-12-10(7-9)11(15)8-13(16-12)3-5-17-6-4-13/h1-2,7,11H,3-6,8,15H2/t11-/m1/s1. The highest BCUT2D eigenvalue weighted by molar-refractivity contribution is 9.10. The van der Waals surface area contributed by atoms with Gasteiger partial charge in [0.05, 0.1) is 0 Å². The second kappa shape index (κ2) is 4.48. The summed E-state index contributed by atoms with van der Waals surface area (Å²) in [5, 5.41) is 0. The second-order valence-corrected chi connectivity index (χ2v) is 7.03. The number of hydrogen-bond acceptors (Lipinski definition) is 3. The van der Waals surface area contributed by atoms with Crippen LogP contribution in [0.15, 0.2) is 22.7 Å². The molecule has 0 saturated carbocycles. The van der Waals surface area contributed by atoms with Crippen molar-refractivity contribution in [1.29, 1.82) is 0 Å². The first-order valence-corrected chi connectivity index (χ1v) is 7.95. The van der Waals surface area contributed by atoms with Crippen LogP contribution in [0, 0.1) is 0 Å². The maximum absolute atomic E-state index is 6.31. The van der Waals surface area contributed by atoms with E-state index in [4.69, 9.17) is 10.5 Å². The summed E-state index contributed by atoms with van der Waals surface area (Å²) in [6, 6.07) is 6.27. The minimum Gasteiger partial charge on any atom is -0.487 e. The van der Waals surface area contributed by atoms with E-state index < -0.39 is 0 Å². The lowest BCUT2D eigenvalue weighted by atomic mass is 9.83. The van der Waals surface area contributed by atoms with Crippen molar-refractivity contribution in [3.8, 4) is 5.75 Å². The first-order chi connectivity index (χ1) is 8.19. The lowest BCUT2D eigenvalue weighted by Gasteiger charge is -2.43. The van der Waals surface area contributed by atoms with Crippen molar-refractivity contribution < 1.29 is 4.74 Å². The van der Waals surface area contributed by atoms with Gasteiger partial charge in [0.2, 0.25) is 0 Å². The van der Waals surface area contributed by atoms with Crippen LogP contribution in [0.25, 0.3) is 0 Å². The van der Waals surface area contributed by atoms with Crippen molar-refractivity contribution in [3.05, 3.63) is 28.2 Å². The summed E-state index contributed by atoms with van der Waals surface area (Å²) in [5.41, 5.74) is 7.46. The van der Waals surface area contributed by atoms with Crippen LogP contribution in [0.1, 0.15) is 30.9 Å². The van der Waals surface area contributed by atoms with Crippen molar-refractivity contribution >= 4 is 27.7 Å². The Morgan fingerprint density at radius 1 is 1.35 bits per heavy atom. The molecule has 2 N–H and O–H groups in total. The summed E-state index contributed by atoms with van der Waals surface area (Å²) in [6.45, 7) is 0. The molecule has 2 heterocycles. The Morgan fingerprint density at radius 2 is 2.12 bits per heavy atom. The van der Waals surface area contributed by atoms with E-state index in [9.17, 15) is 0 Å². The Morgan fingerprint density at radius 3 is 2.88 bits per heavy atom. The van der Waals surface area contributed by atoms with Gasteiger partial charge >= 0.3 is 0 Å². The van der Waals surface area contributed by atoms with E-state index in [-0.39, 0.29) is 11.6 Å². The molecule has 0 amide bonds. The topological polar surface area (TPSA) is 35.2 Å². The Balaban J connectivity index is 1.94. The van der Waals surface area contributed by atoms with Crippen molar-refractivity contribution in [2.24, 2.45) is 5.73 Å². The van der Waals surface area contributed by atoms with Crippen molar-refractivity contribution in [2.75, 3.05) is 11.5 Å². The van der Waals surface area contributed by atoms with Gasteiger partial charge in [-0.05, 0) is 42.5 Å². The van der Waals surface area contributed by atoms with Crippen molar-refractivity contribution in [3.63, 3.8) is 0 Å². The average Bonchev–Trinajstić information content (AvgIpc) is 2.31. The highest BCUT2D eigenvalue weighted by Gasteiger charge is 2.40. The summed E-state index contributed by atoms with van der Waals surface area (Å²) in [6.07, 6.45) is 3.21. The highest BCUT2D eigenvalue weighted by atomic mass is 79.9. The number of halogens is 1. The predicted molar refractivity (Wildman–Crippen MR) is 75.6 cm³/mol. The highest BCUT2D eigenvalue weighted by Crippen LogP contribution is 2.45. The molecule has 1 saturated heterocycles. The molecule has 1 aromatic rings. The molecule has 2 nitrogen and oxygen atoms in total. The molecule has 1 atom stereocenters. The molecule has 0 unspecified atom stereocenters. The van der Waals surface area contributed by atoms with Crippen LogP contribution in [-0.2, 0) is 0 Å². The molecule has 4 heteroatoms. The number of hydrogen-bond donors (Lipinski definition) is 1. The third kappa shape index (κ3) is 2.23. The smallest absolute Gasteiger partial charge is 0.124 e. The molecular formula is C13H16BrNOS. The molecule has 17 heavy (non-hydrogen) atoms. The number of benzene rings is 1. The molecular weight excluding hydrogens is 298 g/mol.